The SMILES string of the molecule is O=C(CNc1ccc(OC(F)F)c(Cl)c1)NC(=O)NCCC1=CCCCC1. The fourth-order valence-corrected chi connectivity index (χ4v) is 2.89. The second-order valence-corrected chi connectivity index (χ2v) is 6.45. The Bertz CT molecular complexity index is 698. The summed E-state index contributed by atoms with van der Waals surface area (Å²) >= 11 is 5.83. The summed E-state index contributed by atoms with van der Waals surface area (Å²) in [5, 5.41) is 7.59. The summed E-state index contributed by atoms with van der Waals surface area (Å²) in [5.41, 5.74) is 1.77. The van der Waals surface area contributed by atoms with E-state index in [0.29, 0.717) is 12.2 Å². The lowest BCUT2D eigenvalue weighted by Crippen LogP contribution is -2.42. The van der Waals surface area contributed by atoms with Crippen LogP contribution in [0.15, 0.2) is 29.8 Å². The Balaban J connectivity index is 1.68. The number of hydrogen-bond donors (Lipinski definition) is 3. The molecule has 0 aromatic heterocycles. The number of alkyl halides is 2. The average molecular weight is 402 g/mol. The Hall–Kier alpha value is -2.35. The van der Waals surface area contributed by atoms with Gasteiger partial charge in [-0.25, -0.2) is 4.79 Å². The Morgan fingerprint density at radius 1 is 1.26 bits per heavy atom. The Morgan fingerprint density at radius 3 is 2.74 bits per heavy atom. The van der Waals surface area contributed by atoms with Crippen molar-refractivity contribution in [1.82, 2.24) is 10.6 Å². The molecule has 9 heteroatoms. The highest BCUT2D eigenvalue weighted by Gasteiger charge is 2.11. The van der Waals surface area contributed by atoms with Crippen LogP contribution in [0.5, 0.6) is 5.75 Å². The third-order valence-electron chi connectivity index (χ3n) is 3.97. The lowest BCUT2D eigenvalue weighted by molar-refractivity contribution is -0.118. The van der Waals surface area contributed by atoms with Gasteiger partial charge < -0.3 is 15.4 Å². The van der Waals surface area contributed by atoms with Crippen molar-refractivity contribution in [2.45, 2.75) is 38.7 Å². The molecule has 3 amide bonds. The molecular weight excluding hydrogens is 380 g/mol. The van der Waals surface area contributed by atoms with Gasteiger partial charge in [0.25, 0.3) is 0 Å². The quantitative estimate of drug-likeness (QED) is 0.574. The van der Waals surface area contributed by atoms with E-state index in [4.69, 9.17) is 11.6 Å². The molecule has 0 bridgehead atoms. The van der Waals surface area contributed by atoms with Crippen molar-refractivity contribution >= 4 is 29.2 Å². The summed E-state index contributed by atoms with van der Waals surface area (Å²) in [7, 11) is 0. The van der Waals surface area contributed by atoms with Crippen molar-refractivity contribution in [3.05, 3.63) is 34.9 Å². The monoisotopic (exact) mass is 401 g/mol. The van der Waals surface area contributed by atoms with E-state index in [-0.39, 0.29) is 17.3 Å². The van der Waals surface area contributed by atoms with Crippen molar-refractivity contribution in [3.63, 3.8) is 0 Å². The van der Waals surface area contributed by atoms with E-state index in [0.717, 1.165) is 19.3 Å². The number of anilines is 1. The van der Waals surface area contributed by atoms with Crippen LogP contribution in [0.25, 0.3) is 0 Å². The van der Waals surface area contributed by atoms with Gasteiger partial charge in [0, 0.05) is 12.2 Å². The molecule has 0 saturated carbocycles. The van der Waals surface area contributed by atoms with Crippen LogP contribution < -0.4 is 20.7 Å². The summed E-state index contributed by atoms with van der Waals surface area (Å²) in [6.07, 6.45) is 7.54. The van der Waals surface area contributed by atoms with Gasteiger partial charge in [-0.3, -0.25) is 10.1 Å². The molecule has 0 unspecified atom stereocenters. The highest BCUT2D eigenvalue weighted by atomic mass is 35.5. The van der Waals surface area contributed by atoms with Crippen LogP contribution in [-0.4, -0.2) is 31.6 Å². The van der Waals surface area contributed by atoms with Crippen molar-refractivity contribution in [2.24, 2.45) is 0 Å². The first-order chi connectivity index (χ1) is 12.9. The molecule has 0 aliphatic heterocycles. The summed E-state index contributed by atoms with van der Waals surface area (Å²) in [5.74, 6) is -0.692. The third kappa shape index (κ3) is 7.82. The van der Waals surface area contributed by atoms with Gasteiger partial charge in [-0.1, -0.05) is 23.3 Å². The minimum atomic E-state index is -2.97. The van der Waals surface area contributed by atoms with Gasteiger partial charge in [-0.05, 0) is 50.3 Å². The summed E-state index contributed by atoms with van der Waals surface area (Å²) in [6, 6.07) is 3.50. The molecule has 1 aliphatic rings. The van der Waals surface area contributed by atoms with Gasteiger partial charge in [-0.15, -0.1) is 0 Å². The number of imide groups is 1. The lowest BCUT2D eigenvalue weighted by Gasteiger charge is -2.13. The maximum atomic E-state index is 12.2. The number of nitrogens with one attached hydrogen (secondary N) is 3. The molecule has 0 fully saturated rings. The van der Waals surface area contributed by atoms with E-state index in [1.807, 2.05) is 0 Å². The van der Waals surface area contributed by atoms with Crippen molar-refractivity contribution in [2.75, 3.05) is 18.4 Å². The lowest BCUT2D eigenvalue weighted by atomic mass is 9.97. The molecule has 0 radical (unpaired) electrons. The fraction of sp³-hybridized carbons (Fsp3) is 0.444. The van der Waals surface area contributed by atoms with Gasteiger partial charge in [0.1, 0.15) is 5.75 Å². The first kappa shape index (κ1) is 21.0. The largest absolute Gasteiger partial charge is 0.433 e. The van der Waals surface area contributed by atoms with E-state index in [9.17, 15) is 18.4 Å². The molecular formula is C18H22ClF2N3O3. The number of benzene rings is 1. The first-order valence-electron chi connectivity index (χ1n) is 8.68. The summed E-state index contributed by atoms with van der Waals surface area (Å²) < 4.78 is 28.6. The van der Waals surface area contributed by atoms with Crippen LogP contribution in [0.1, 0.15) is 32.1 Å². The number of ether oxygens (including phenoxy) is 1. The van der Waals surface area contributed by atoms with Crippen molar-refractivity contribution in [1.29, 1.82) is 0 Å². The first-order valence-corrected chi connectivity index (χ1v) is 9.05. The molecule has 0 atom stereocenters. The fourth-order valence-electron chi connectivity index (χ4n) is 2.67. The number of rotatable bonds is 8. The van der Waals surface area contributed by atoms with Crippen LogP contribution in [0, 0.1) is 0 Å². The normalized spacial score (nSPS) is 13.7. The predicted octanol–water partition coefficient (Wildman–Crippen LogP) is 4.07. The number of allylic oxidation sites excluding steroid dienone is 1. The van der Waals surface area contributed by atoms with Crippen LogP contribution in [0.3, 0.4) is 0 Å². The second-order valence-electron chi connectivity index (χ2n) is 6.04. The molecule has 1 aromatic rings. The van der Waals surface area contributed by atoms with Gasteiger partial charge in [0.2, 0.25) is 5.91 Å². The van der Waals surface area contributed by atoms with Gasteiger partial charge in [0.15, 0.2) is 0 Å². The van der Waals surface area contributed by atoms with E-state index >= 15 is 0 Å². The number of hydrogen-bond acceptors (Lipinski definition) is 4. The molecule has 0 saturated heterocycles. The molecule has 1 aliphatic carbocycles. The highest BCUT2D eigenvalue weighted by molar-refractivity contribution is 6.32. The molecule has 0 heterocycles. The minimum absolute atomic E-state index is 0.0181. The molecule has 1 aromatic carbocycles. The molecule has 2 rings (SSSR count). The maximum Gasteiger partial charge on any atom is 0.387 e. The third-order valence-corrected chi connectivity index (χ3v) is 4.27. The Kier molecular flexibility index (Phi) is 8.32. The van der Waals surface area contributed by atoms with Gasteiger partial charge in [0.05, 0.1) is 11.6 Å². The number of carbonyl (C=O) groups is 2. The number of carbonyl (C=O) groups excluding carboxylic acids is 2. The minimum Gasteiger partial charge on any atom is -0.433 e. The standard InChI is InChI=1S/C18H22ClF2N3O3/c19-14-10-13(6-7-15(14)27-17(20)21)23-11-16(25)24-18(26)22-9-8-12-4-2-1-3-5-12/h4,6-7,10,17,23H,1-3,5,8-9,11H2,(H2,22,24,25,26). The Morgan fingerprint density at radius 2 is 2.07 bits per heavy atom. The predicted molar refractivity (Wildman–Crippen MR) is 99.3 cm³/mol. The zero-order chi connectivity index (χ0) is 19.6. The Labute approximate surface area is 161 Å². The highest BCUT2D eigenvalue weighted by Crippen LogP contribution is 2.28. The zero-order valence-corrected chi connectivity index (χ0v) is 15.5. The summed E-state index contributed by atoms with van der Waals surface area (Å²) in [6.45, 7) is -2.68. The average Bonchev–Trinajstić information content (AvgIpc) is 2.62. The van der Waals surface area contributed by atoms with Crippen molar-refractivity contribution < 1.29 is 23.1 Å². The molecule has 0 spiro atoms. The van der Waals surface area contributed by atoms with Crippen molar-refractivity contribution in [3.8, 4) is 5.75 Å². The zero-order valence-electron chi connectivity index (χ0n) is 14.7. The van der Waals surface area contributed by atoms with Gasteiger partial charge >= 0.3 is 12.6 Å². The second kappa shape index (κ2) is 10.7. The topological polar surface area (TPSA) is 79.5 Å². The number of halogens is 3. The number of urea groups is 1. The van der Waals surface area contributed by atoms with Crippen LogP contribution >= 0.6 is 11.6 Å². The van der Waals surface area contributed by atoms with Crippen LogP contribution in [0.2, 0.25) is 5.02 Å². The molecule has 3 N–H and O–H groups in total. The number of amides is 3. The van der Waals surface area contributed by atoms with Crippen LogP contribution in [0.4, 0.5) is 19.3 Å². The van der Waals surface area contributed by atoms with E-state index in [2.05, 4.69) is 26.8 Å². The maximum absolute atomic E-state index is 12.2. The van der Waals surface area contributed by atoms with Crippen LogP contribution in [-0.2, 0) is 4.79 Å². The smallest absolute Gasteiger partial charge is 0.387 e. The molecule has 148 valence electrons. The molecule has 27 heavy (non-hydrogen) atoms. The summed E-state index contributed by atoms with van der Waals surface area (Å²) in [4.78, 5) is 23.5. The van der Waals surface area contributed by atoms with E-state index in [1.165, 1.54) is 36.6 Å². The van der Waals surface area contributed by atoms with Gasteiger partial charge in [-0.2, -0.15) is 8.78 Å². The molecule has 6 nitrogen and oxygen atoms in total. The van der Waals surface area contributed by atoms with E-state index in [1.54, 1.807) is 0 Å². The van der Waals surface area contributed by atoms with E-state index < -0.39 is 18.5 Å².